The first kappa shape index (κ1) is 15.6. The molecule has 5 nitrogen and oxygen atoms in total. The minimum Gasteiger partial charge on any atom is -0.351 e. The molecule has 3 aromatic rings. The second-order valence-electron chi connectivity index (χ2n) is 4.72. The molecule has 0 aliphatic carbocycles. The standard InChI is InChI=1S/C15H11ClFN3O2S/c1-8(21)18-7-10-3-5-13(23-10)14-19-15(22-20-14)11-6-9(16)2-4-12(11)17/h2-6H,7H2,1H3,(H,18,21). The summed E-state index contributed by atoms with van der Waals surface area (Å²) in [6.07, 6.45) is 0. The Morgan fingerprint density at radius 2 is 2.22 bits per heavy atom. The van der Waals surface area contributed by atoms with Gasteiger partial charge in [-0.05, 0) is 30.3 Å². The van der Waals surface area contributed by atoms with Gasteiger partial charge in [-0.15, -0.1) is 11.3 Å². The fourth-order valence-electron chi connectivity index (χ4n) is 1.90. The highest BCUT2D eigenvalue weighted by Crippen LogP contribution is 2.30. The van der Waals surface area contributed by atoms with Crippen LogP contribution in [0.1, 0.15) is 11.8 Å². The zero-order valence-electron chi connectivity index (χ0n) is 12.0. The summed E-state index contributed by atoms with van der Waals surface area (Å²) in [6.45, 7) is 1.90. The van der Waals surface area contributed by atoms with Crippen molar-refractivity contribution in [2.45, 2.75) is 13.5 Å². The largest absolute Gasteiger partial charge is 0.351 e. The topological polar surface area (TPSA) is 68.0 Å². The molecule has 0 radical (unpaired) electrons. The van der Waals surface area contributed by atoms with Crippen molar-refractivity contribution in [2.24, 2.45) is 0 Å². The molecule has 2 heterocycles. The number of rotatable bonds is 4. The lowest BCUT2D eigenvalue weighted by molar-refractivity contribution is -0.119. The molecule has 118 valence electrons. The highest BCUT2D eigenvalue weighted by atomic mass is 35.5. The molecule has 0 spiro atoms. The first-order chi connectivity index (χ1) is 11.0. The van der Waals surface area contributed by atoms with Gasteiger partial charge in [-0.2, -0.15) is 4.98 Å². The highest BCUT2D eigenvalue weighted by Gasteiger charge is 2.16. The maximum atomic E-state index is 13.8. The maximum absolute atomic E-state index is 13.8. The Bertz CT molecular complexity index is 862. The molecule has 0 atom stereocenters. The van der Waals surface area contributed by atoms with Gasteiger partial charge in [-0.1, -0.05) is 16.8 Å². The van der Waals surface area contributed by atoms with Crippen LogP contribution in [-0.4, -0.2) is 16.0 Å². The number of nitrogens with one attached hydrogen (secondary N) is 1. The molecule has 2 aromatic heterocycles. The molecule has 0 aliphatic heterocycles. The monoisotopic (exact) mass is 351 g/mol. The van der Waals surface area contributed by atoms with Crippen LogP contribution in [0.4, 0.5) is 4.39 Å². The summed E-state index contributed by atoms with van der Waals surface area (Å²) in [5.41, 5.74) is 0.159. The van der Waals surface area contributed by atoms with Crippen LogP contribution in [0.3, 0.4) is 0 Å². The third-order valence-electron chi connectivity index (χ3n) is 2.98. The number of aromatic nitrogens is 2. The van der Waals surface area contributed by atoms with E-state index in [1.165, 1.54) is 36.5 Å². The molecule has 0 bridgehead atoms. The third-order valence-corrected chi connectivity index (χ3v) is 4.29. The quantitative estimate of drug-likeness (QED) is 0.774. The predicted octanol–water partition coefficient (Wildman–Crippen LogP) is 3.89. The molecule has 23 heavy (non-hydrogen) atoms. The molecule has 0 saturated carbocycles. The summed E-state index contributed by atoms with van der Waals surface area (Å²) in [5, 5.41) is 6.97. The average molecular weight is 352 g/mol. The zero-order chi connectivity index (χ0) is 16.4. The highest BCUT2D eigenvalue weighted by molar-refractivity contribution is 7.15. The molecule has 0 unspecified atom stereocenters. The van der Waals surface area contributed by atoms with Crippen LogP contribution >= 0.6 is 22.9 Å². The minimum atomic E-state index is -0.484. The first-order valence-corrected chi connectivity index (χ1v) is 7.85. The van der Waals surface area contributed by atoms with Gasteiger partial charge in [0.05, 0.1) is 17.0 Å². The molecular weight excluding hydrogens is 341 g/mol. The summed E-state index contributed by atoms with van der Waals surface area (Å²) in [5.74, 6) is -0.157. The van der Waals surface area contributed by atoms with Crippen molar-refractivity contribution in [3.63, 3.8) is 0 Å². The van der Waals surface area contributed by atoms with Crippen LogP contribution in [0, 0.1) is 5.82 Å². The number of hydrogen-bond donors (Lipinski definition) is 1. The van der Waals surface area contributed by atoms with E-state index in [1.54, 1.807) is 0 Å². The number of carbonyl (C=O) groups is 1. The molecule has 0 aliphatic rings. The Morgan fingerprint density at radius 1 is 1.39 bits per heavy atom. The van der Waals surface area contributed by atoms with Crippen LogP contribution in [0.25, 0.3) is 22.2 Å². The number of halogens is 2. The van der Waals surface area contributed by atoms with E-state index in [-0.39, 0.29) is 17.4 Å². The molecule has 1 N–H and O–H groups in total. The van der Waals surface area contributed by atoms with Gasteiger partial charge in [0.25, 0.3) is 5.89 Å². The Morgan fingerprint density at radius 3 is 3.00 bits per heavy atom. The van der Waals surface area contributed by atoms with E-state index in [1.807, 2.05) is 12.1 Å². The molecule has 0 saturated heterocycles. The van der Waals surface area contributed by atoms with E-state index in [9.17, 15) is 9.18 Å². The van der Waals surface area contributed by atoms with Crippen molar-refractivity contribution in [3.8, 4) is 22.2 Å². The Balaban J connectivity index is 1.84. The lowest BCUT2D eigenvalue weighted by atomic mass is 10.2. The zero-order valence-corrected chi connectivity index (χ0v) is 13.5. The molecule has 0 fully saturated rings. The van der Waals surface area contributed by atoms with E-state index in [0.717, 1.165) is 9.75 Å². The summed E-state index contributed by atoms with van der Waals surface area (Å²) >= 11 is 7.29. The number of amides is 1. The van der Waals surface area contributed by atoms with Gasteiger partial charge in [0, 0.05) is 16.8 Å². The fraction of sp³-hybridized carbons (Fsp3) is 0.133. The number of benzene rings is 1. The minimum absolute atomic E-state index is 0.0665. The lowest BCUT2D eigenvalue weighted by Crippen LogP contribution is -2.17. The first-order valence-electron chi connectivity index (χ1n) is 6.65. The van der Waals surface area contributed by atoms with Gasteiger partial charge in [-0.25, -0.2) is 4.39 Å². The summed E-state index contributed by atoms with van der Waals surface area (Å²) in [6, 6.07) is 7.82. The van der Waals surface area contributed by atoms with Crippen molar-refractivity contribution in [3.05, 3.63) is 46.0 Å². The smallest absolute Gasteiger partial charge is 0.261 e. The van der Waals surface area contributed by atoms with Crippen LogP contribution < -0.4 is 5.32 Å². The lowest BCUT2D eigenvalue weighted by Gasteiger charge is -1.97. The van der Waals surface area contributed by atoms with Gasteiger partial charge < -0.3 is 9.84 Å². The number of carbonyl (C=O) groups excluding carboxylic acids is 1. The van der Waals surface area contributed by atoms with E-state index >= 15 is 0 Å². The van der Waals surface area contributed by atoms with E-state index in [4.69, 9.17) is 16.1 Å². The van der Waals surface area contributed by atoms with E-state index < -0.39 is 5.82 Å². The van der Waals surface area contributed by atoms with Crippen LogP contribution in [0.15, 0.2) is 34.9 Å². The molecule has 8 heteroatoms. The van der Waals surface area contributed by atoms with Crippen LogP contribution in [0.5, 0.6) is 0 Å². The maximum Gasteiger partial charge on any atom is 0.261 e. The molecule has 3 rings (SSSR count). The molecular formula is C15H11ClFN3O2S. The van der Waals surface area contributed by atoms with Gasteiger partial charge in [-0.3, -0.25) is 4.79 Å². The molecule has 1 amide bonds. The van der Waals surface area contributed by atoms with E-state index in [2.05, 4.69) is 15.5 Å². The van der Waals surface area contributed by atoms with Gasteiger partial charge in [0.1, 0.15) is 5.82 Å². The Hall–Kier alpha value is -2.25. The van der Waals surface area contributed by atoms with E-state index in [0.29, 0.717) is 17.4 Å². The van der Waals surface area contributed by atoms with Crippen molar-refractivity contribution >= 4 is 28.8 Å². The summed E-state index contributed by atoms with van der Waals surface area (Å²) in [4.78, 5) is 16.8. The van der Waals surface area contributed by atoms with Crippen molar-refractivity contribution in [1.29, 1.82) is 0 Å². The van der Waals surface area contributed by atoms with Crippen LogP contribution in [0.2, 0.25) is 5.02 Å². The van der Waals surface area contributed by atoms with Crippen molar-refractivity contribution in [1.82, 2.24) is 15.5 Å². The second kappa shape index (κ2) is 6.47. The third kappa shape index (κ3) is 3.57. The SMILES string of the molecule is CC(=O)NCc1ccc(-c2noc(-c3cc(Cl)ccc3F)n2)s1. The summed E-state index contributed by atoms with van der Waals surface area (Å²) in [7, 11) is 0. The number of thiophene rings is 1. The Kier molecular flexibility index (Phi) is 4.40. The number of nitrogens with zero attached hydrogens (tertiary/aromatic N) is 2. The Labute approximate surface area is 140 Å². The van der Waals surface area contributed by atoms with Gasteiger partial charge in [0.15, 0.2) is 0 Å². The normalized spacial score (nSPS) is 10.7. The average Bonchev–Trinajstić information content (AvgIpc) is 3.16. The summed E-state index contributed by atoms with van der Waals surface area (Å²) < 4.78 is 18.9. The number of hydrogen-bond acceptors (Lipinski definition) is 5. The predicted molar refractivity (Wildman–Crippen MR) is 85.5 cm³/mol. The van der Waals surface area contributed by atoms with Crippen molar-refractivity contribution < 1.29 is 13.7 Å². The van der Waals surface area contributed by atoms with Crippen LogP contribution in [-0.2, 0) is 11.3 Å². The fourth-order valence-corrected chi connectivity index (χ4v) is 2.94. The second-order valence-corrected chi connectivity index (χ2v) is 6.33. The van der Waals surface area contributed by atoms with Gasteiger partial charge >= 0.3 is 0 Å². The van der Waals surface area contributed by atoms with Gasteiger partial charge in [0.2, 0.25) is 11.7 Å². The molecule has 1 aromatic carbocycles. The van der Waals surface area contributed by atoms with Crippen molar-refractivity contribution in [2.75, 3.05) is 0 Å².